The van der Waals surface area contributed by atoms with Crippen LogP contribution in [0.5, 0.6) is 11.5 Å². The van der Waals surface area contributed by atoms with Crippen molar-refractivity contribution in [3.05, 3.63) is 51.1 Å². The maximum Gasteiger partial charge on any atom is 0.150 e. The lowest BCUT2D eigenvalue weighted by Gasteiger charge is -2.20. The molecular weight excluding hydrogens is 361 g/mol. The van der Waals surface area contributed by atoms with E-state index in [1.807, 2.05) is 24.3 Å². The highest BCUT2D eigenvalue weighted by molar-refractivity contribution is 14.1. The van der Waals surface area contributed by atoms with E-state index in [2.05, 4.69) is 62.4 Å². The second kappa shape index (κ2) is 5.64. The molecule has 0 unspecified atom stereocenters. The van der Waals surface area contributed by atoms with Crippen LogP contribution in [-0.4, -0.2) is 0 Å². The number of hydrogen-bond donors (Lipinski definition) is 1. The Hall–Kier alpha value is -1.23. The number of rotatable bonds is 2. The summed E-state index contributed by atoms with van der Waals surface area (Å²) >= 11 is 2.24. The third-order valence-electron chi connectivity index (χ3n) is 3.23. The molecule has 0 aromatic heterocycles. The van der Waals surface area contributed by atoms with Crippen molar-refractivity contribution < 1.29 is 4.74 Å². The molecule has 0 amide bonds. The lowest BCUT2D eigenvalue weighted by atomic mass is 9.86. The first-order valence-electron chi connectivity index (χ1n) is 6.61. The fraction of sp³-hybridized carbons (Fsp3) is 0.294. The van der Waals surface area contributed by atoms with E-state index < -0.39 is 0 Å². The molecule has 0 radical (unpaired) electrons. The van der Waals surface area contributed by atoms with E-state index in [4.69, 9.17) is 10.5 Å². The van der Waals surface area contributed by atoms with Crippen LogP contribution in [0.3, 0.4) is 0 Å². The van der Waals surface area contributed by atoms with E-state index in [1.54, 1.807) is 0 Å². The summed E-state index contributed by atoms with van der Waals surface area (Å²) in [5.41, 5.74) is 9.22. The Bertz CT molecular complexity index is 629. The van der Waals surface area contributed by atoms with E-state index in [0.717, 1.165) is 14.9 Å². The van der Waals surface area contributed by atoms with Gasteiger partial charge in [-0.3, -0.25) is 0 Å². The molecule has 2 aromatic rings. The van der Waals surface area contributed by atoms with Gasteiger partial charge >= 0.3 is 0 Å². The van der Waals surface area contributed by atoms with Crippen molar-refractivity contribution in [2.24, 2.45) is 0 Å². The summed E-state index contributed by atoms with van der Waals surface area (Å²) < 4.78 is 7.04. The highest BCUT2D eigenvalue weighted by atomic mass is 127. The lowest BCUT2D eigenvalue weighted by molar-refractivity contribution is 0.479. The zero-order chi connectivity index (χ0) is 14.9. The van der Waals surface area contributed by atoms with Crippen LogP contribution in [-0.2, 0) is 5.41 Å². The molecule has 0 fully saturated rings. The van der Waals surface area contributed by atoms with Crippen molar-refractivity contribution in [2.45, 2.75) is 33.1 Å². The molecule has 106 valence electrons. The Morgan fingerprint density at radius 1 is 1.00 bits per heavy atom. The standard InChI is InChI=1S/C17H20INO/c1-11-9-12(17(2,3)4)5-7-15(11)20-16-8-6-13(18)10-14(16)19/h5-10H,19H2,1-4H3. The summed E-state index contributed by atoms with van der Waals surface area (Å²) in [7, 11) is 0. The van der Waals surface area contributed by atoms with Gasteiger partial charge in [0.15, 0.2) is 0 Å². The first-order valence-corrected chi connectivity index (χ1v) is 7.69. The predicted molar refractivity (Wildman–Crippen MR) is 93.5 cm³/mol. The number of anilines is 1. The summed E-state index contributed by atoms with van der Waals surface area (Å²) in [6, 6.07) is 12.1. The van der Waals surface area contributed by atoms with Gasteiger partial charge in [-0.2, -0.15) is 0 Å². The van der Waals surface area contributed by atoms with Crippen LogP contribution in [0.4, 0.5) is 5.69 Å². The van der Waals surface area contributed by atoms with Gasteiger partial charge in [0.1, 0.15) is 11.5 Å². The van der Waals surface area contributed by atoms with E-state index in [1.165, 1.54) is 5.56 Å². The van der Waals surface area contributed by atoms with Crippen molar-refractivity contribution >= 4 is 28.3 Å². The maximum atomic E-state index is 5.99. The molecule has 0 aliphatic carbocycles. The maximum absolute atomic E-state index is 5.99. The van der Waals surface area contributed by atoms with Crippen LogP contribution in [0.15, 0.2) is 36.4 Å². The van der Waals surface area contributed by atoms with Crippen molar-refractivity contribution in [2.75, 3.05) is 5.73 Å². The minimum Gasteiger partial charge on any atom is -0.455 e. The number of nitrogen functional groups attached to an aromatic ring is 1. The highest BCUT2D eigenvalue weighted by Gasteiger charge is 2.15. The summed E-state index contributed by atoms with van der Waals surface area (Å²) in [5.74, 6) is 1.56. The Kier molecular flexibility index (Phi) is 4.28. The van der Waals surface area contributed by atoms with Crippen LogP contribution in [0.2, 0.25) is 0 Å². The summed E-state index contributed by atoms with van der Waals surface area (Å²) in [4.78, 5) is 0. The molecule has 0 saturated heterocycles. The molecule has 0 spiro atoms. The predicted octanol–water partition coefficient (Wildman–Crippen LogP) is 5.27. The number of hydrogen-bond acceptors (Lipinski definition) is 2. The average molecular weight is 381 g/mol. The van der Waals surface area contributed by atoms with Crippen LogP contribution < -0.4 is 10.5 Å². The SMILES string of the molecule is Cc1cc(C(C)(C)C)ccc1Oc1ccc(I)cc1N. The van der Waals surface area contributed by atoms with Gasteiger partial charge in [0.05, 0.1) is 5.69 Å². The quantitative estimate of drug-likeness (QED) is 0.568. The minimum absolute atomic E-state index is 0.144. The molecule has 2 aromatic carbocycles. The number of ether oxygens (including phenoxy) is 1. The summed E-state index contributed by atoms with van der Waals surface area (Å²) in [6.45, 7) is 8.69. The fourth-order valence-corrected chi connectivity index (χ4v) is 2.48. The largest absolute Gasteiger partial charge is 0.455 e. The Morgan fingerprint density at radius 3 is 2.20 bits per heavy atom. The van der Waals surface area contributed by atoms with E-state index in [0.29, 0.717) is 11.4 Å². The van der Waals surface area contributed by atoms with Gasteiger partial charge in [-0.05, 0) is 70.3 Å². The third-order valence-corrected chi connectivity index (χ3v) is 3.90. The van der Waals surface area contributed by atoms with Gasteiger partial charge in [-0.15, -0.1) is 0 Å². The topological polar surface area (TPSA) is 35.2 Å². The highest BCUT2D eigenvalue weighted by Crippen LogP contribution is 2.33. The summed E-state index contributed by atoms with van der Waals surface area (Å²) in [6.07, 6.45) is 0. The second-order valence-corrected chi connectivity index (χ2v) is 7.26. The molecule has 2 N–H and O–H groups in total. The van der Waals surface area contributed by atoms with Gasteiger partial charge in [-0.25, -0.2) is 0 Å². The summed E-state index contributed by atoms with van der Waals surface area (Å²) in [5, 5.41) is 0. The number of aryl methyl sites for hydroxylation is 1. The lowest BCUT2D eigenvalue weighted by Crippen LogP contribution is -2.11. The van der Waals surface area contributed by atoms with Crippen molar-refractivity contribution in [3.63, 3.8) is 0 Å². The van der Waals surface area contributed by atoms with Crippen LogP contribution in [0.25, 0.3) is 0 Å². The van der Waals surface area contributed by atoms with Gasteiger partial charge in [-0.1, -0.05) is 32.9 Å². The van der Waals surface area contributed by atoms with Gasteiger partial charge in [0, 0.05) is 3.57 Å². The Balaban J connectivity index is 2.30. The van der Waals surface area contributed by atoms with Gasteiger partial charge in [0.2, 0.25) is 0 Å². The smallest absolute Gasteiger partial charge is 0.150 e. The first kappa shape index (κ1) is 15.2. The monoisotopic (exact) mass is 381 g/mol. The third kappa shape index (κ3) is 3.45. The Morgan fingerprint density at radius 2 is 1.65 bits per heavy atom. The van der Waals surface area contributed by atoms with E-state index in [-0.39, 0.29) is 5.41 Å². The molecule has 0 atom stereocenters. The van der Waals surface area contributed by atoms with Crippen molar-refractivity contribution in [1.82, 2.24) is 0 Å². The molecule has 0 saturated carbocycles. The zero-order valence-electron chi connectivity index (χ0n) is 12.3. The molecule has 0 aliphatic rings. The van der Waals surface area contributed by atoms with E-state index in [9.17, 15) is 0 Å². The number of benzene rings is 2. The first-order chi connectivity index (χ1) is 9.27. The zero-order valence-corrected chi connectivity index (χ0v) is 14.5. The van der Waals surface area contributed by atoms with Gasteiger partial charge in [0.25, 0.3) is 0 Å². The van der Waals surface area contributed by atoms with Crippen molar-refractivity contribution in [1.29, 1.82) is 0 Å². The molecule has 0 bridgehead atoms. The minimum atomic E-state index is 0.144. The van der Waals surface area contributed by atoms with Crippen molar-refractivity contribution in [3.8, 4) is 11.5 Å². The molecule has 20 heavy (non-hydrogen) atoms. The average Bonchev–Trinajstić information content (AvgIpc) is 2.33. The molecule has 0 heterocycles. The fourth-order valence-electron chi connectivity index (χ4n) is 1.96. The van der Waals surface area contributed by atoms with Gasteiger partial charge < -0.3 is 10.5 Å². The number of nitrogens with two attached hydrogens (primary N) is 1. The second-order valence-electron chi connectivity index (χ2n) is 6.01. The van der Waals surface area contributed by atoms with Crippen LogP contribution in [0.1, 0.15) is 31.9 Å². The molecular formula is C17H20INO. The Labute approximate surface area is 134 Å². The molecule has 2 nitrogen and oxygen atoms in total. The molecule has 3 heteroatoms. The van der Waals surface area contributed by atoms with E-state index >= 15 is 0 Å². The molecule has 0 aliphatic heterocycles. The van der Waals surface area contributed by atoms with Crippen LogP contribution in [0, 0.1) is 10.5 Å². The molecule has 2 rings (SSSR count). The van der Waals surface area contributed by atoms with Crippen LogP contribution >= 0.6 is 22.6 Å². The normalized spacial score (nSPS) is 11.4. The number of halogens is 1.